The van der Waals surface area contributed by atoms with E-state index in [1.165, 1.54) is 6.07 Å². The van der Waals surface area contributed by atoms with Crippen LogP contribution in [0.4, 0.5) is 0 Å². The minimum Gasteiger partial charge on any atom is -0.293 e. The lowest BCUT2D eigenvalue weighted by Crippen LogP contribution is -2.43. The molecule has 0 aromatic heterocycles. The summed E-state index contributed by atoms with van der Waals surface area (Å²) >= 11 is 0. The van der Waals surface area contributed by atoms with Crippen molar-refractivity contribution < 1.29 is 14.4 Å². The second-order valence-electron chi connectivity index (χ2n) is 5.40. The fourth-order valence-corrected chi connectivity index (χ4v) is 2.22. The van der Waals surface area contributed by atoms with E-state index in [1.807, 2.05) is 0 Å². The van der Waals surface area contributed by atoms with Crippen molar-refractivity contribution in [2.45, 2.75) is 20.8 Å². The third-order valence-electron chi connectivity index (χ3n) is 3.05. The van der Waals surface area contributed by atoms with Gasteiger partial charge in [-0.15, -0.1) is 0 Å². The van der Waals surface area contributed by atoms with Gasteiger partial charge in [-0.25, -0.2) is 0 Å². The van der Waals surface area contributed by atoms with Crippen LogP contribution in [0.25, 0.3) is 0 Å². The van der Waals surface area contributed by atoms with Crippen molar-refractivity contribution in [1.82, 2.24) is 0 Å². The molecule has 0 saturated carbocycles. The number of fused-ring (bicyclic) bond motifs is 1. The number of carbonyl (C=O) groups is 3. The zero-order valence-corrected chi connectivity index (χ0v) is 10.1. The maximum absolute atomic E-state index is 12.2. The first kappa shape index (κ1) is 11.7. The molecule has 0 amide bonds. The molecule has 1 aromatic rings. The summed E-state index contributed by atoms with van der Waals surface area (Å²) in [5.74, 6) is -2.22. The Kier molecular flexibility index (Phi) is 2.49. The van der Waals surface area contributed by atoms with Gasteiger partial charge in [0.25, 0.3) is 0 Å². The summed E-state index contributed by atoms with van der Waals surface area (Å²) in [5, 5.41) is 0. The molecule has 88 valence electrons. The van der Waals surface area contributed by atoms with Crippen molar-refractivity contribution in [3.8, 4) is 0 Å². The summed E-state index contributed by atoms with van der Waals surface area (Å²) in [5.41, 5.74) is 0.0807. The largest absolute Gasteiger partial charge is 0.293 e. The van der Waals surface area contributed by atoms with Gasteiger partial charge in [-0.05, 0) is 5.41 Å². The van der Waals surface area contributed by atoms with Gasteiger partial charge in [-0.3, -0.25) is 14.4 Å². The van der Waals surface area contributed by atoms with Gasteiger partial charge in [0.15, 0.2) is 5.78 Å². The Balaban J connectivity index is 2.63. The molecule has 2 rings (SSSR count). The smallest absolute Gasteiger partial charge is 0.230 e. The first-order chi connectivity index (χ1) is 7.84. The summed E-state index contributed by atoms with van der Waals surface area (Å²) in [6, 6.07) is 6.52. The molecule has 0 saturated heterocycles. The SMILES string of the molecule is CC(C)(C)C1C(=O)C(=O)c2ccccc2C1=O. The zero-order chi connectivity index (χ0) is 12.8. The number of hydrogen-bond acceptors (Lipinski definition) is 3. The molecule has 0 bridgehead atoms. The van der Waals surface area contributed by atoms with E-state index in [0.29, 0.717) is 5.56 Å². The van der Waals surface area contributed by atoms with E-state index in [2.05, 4.69) is 0 Å². The fraction of sp³-hybridized carbons (Fsp3) is 0.357. The molecule has 1 unspecified atom stereocenters. The van der Waals surface area contributed by atoms with Crippen LogP contribution in [0.15, 0.2) is 24.3 Å². The van der Waals surface area contributed by atoms with Crippen LogP contribution >= 0.6 is 0 Å². The number of carbonyl (C=O) groups excluding carboxylic acids is 3. The Morgan fingerprint density at radius 3 is 1.94 bits per heavy atom. The van der Waals surface area contributed by atoms with E-state index < -0.39 is 22.9 Å². The second-order valence-corrected chi connectivity index (χ2v) is 5.40. The fourth-order valence-electron chi connectivity index (χ4n) is 2.22. The van der Waals surface area contributed by atoms with Crippen LogP contribution in [0.1, 0.15) is 41.5 Å². The molecule has 17 heavy (non-hydrogen) atoms. The Labute approximate surface area is 99.8 Å². The highest BCUT2D eigenvalue weighted by Crippen LogP contribution is 2.35. The van der Waals surface area contributed by atoms with Crippen LogP contribution in [0.3, 0.4) is 0 Å². The predicted molar refractivity (Wildman–Crippen MR) is 63.1 cm³/mol. The van der Waals surface area contributed by atoms with Crippen LogP contribution in [-0.2, 0) is 4.79 Å². The summed E-state index contributed by atoms with van der Waals surface area (Å²) in [6.45, 7) is 5.40. The Morgan fingerprint density at radius 1 is 0.882 bits per heavy atom. The lowest BCUT2D eigenvalue weighted by Gasteiger charge is -2.31. The van der Waals surface area contributed by atoms with Gasteiger partial charge in [-0.1, -0.05) is 45.0 Å². The molecule has 0 N–H and O–H groups in total. The minimum atomic E-state index is -0.857. The molecular formula is C14H14O3. The number of rotatable bonds is 0. The average molecular weight is 230 g/mol. The number of ketones is 3. The van der Waals surface area contributed by atoms with Crippen molar-refractivity contribution in [2.75, 3.05) is 0 Å². The third-order valence-corrected chi connectivity index (χ3v) is 3.05. The van der Waals surface area contributed by atoms with Crippen LogP contribution in [0.5, 0.6) is 0 Å². The van der Waals surface area contributed by atoms with E-state index in [0.717, 1.165) is 0 Å². The van der Waals surface area contributed by atoms with E-state index >= 15 is 0 Å². The standard InChI is InChI=1S/C14H14O3/c1-14(2,3)10-11(15)8-6-4-5-7-9(8)12(16)13(10)17/h4-7,10H,1-3H3. The van der Waals surface area contributed by atoms with Gasteiger partial charge in [0, 0.05) is 11.1 Å². The van der Waals surface area contributed by atoms with E-state index in [4.69, 9.17) is 0 Å². The van der Waals surface area contributed by atoms with Gasteiger partial charge >= 0.3 is 0 Å². The highest BCUT2D eigenvalue weighted by atomic mass is 16.2. The highest BCUT2D eigenvalue weighted by molar-refractivity contribution is 6.51. The maximum atomic E-state index is 12.2. The topological polar surface area (TPSA) is 51.2 Å². The molecule has 0 heterocycles. The molecule has 1 aromatic carbocycles. The first-order valence-electron chi connectivity index (χ1n) is 5.56. The molecule has 0 aliphatic heterocycles. The summed E-state index contributed by atoms with van der Waals surface area (Å²) in [7, 11) is 0. The normalized spacial score (nSPS) is 20.4. The van der Waals surface area contributed by atoms with Gasteiger partial charge in [0.05, 0.1) is 5.92 Å². The number of Topliss-reactive ketones (excluding diaryl/α,β-unsaturated/α-hetero) is 3. The highest BCUT2D eigenvalue weighted by Gasteiger charge is 2.45. The number of benzene rings is 1. The van der Waals surface area contributed by atoms with E-state index in [1.54, 1.807) is 39.0 Å². The molecule has 0 radical (unpaired) electrons. The van der Waals surface area contributed by atoms with Gasteiger partial charge in [0.1, 0.15) is 0 Å². The molecule has 1 aliphatic rings. The van der Waals surface area contributed by atoms with E-state index in [9.17, 15) is 14.4 Å². The number of hydrogen-bond donors (Lipinski definition) is 0. The van der Waals surface area contributed by atoms with Gasteiger partial charge < -0.3 is 0 Å². The van der Waals surface area contributed by atoms with Crippen LogP contribution in [-0.4, -0.2) is 17.3 Å². The molecule has 0 fully saturated rings. The third kappa shape index (κ3) is 1.71. The molecule has 0 spiro atoms. The Hall–Kier alpha value is -1.77. The van der Waals surface area contributed by atoms with Crippen LogP contribution < -0.4 is 0 Å². The zero-order valence-electron chi connectivity index (χ0n) is 10.1. The monoisotopic (exact) mass is 230 g/mol. The first-order valence-corrected chi connectivity index (χ1v) is 5.56. The van der Waals surface area contributed by atoms with E-state index in [-0.39, 0.29) is 11.3 Å². The molecule has 1 atom stereocenters. The van der Waals surface area contributed by atoms with Gasteiger partial charge in [0.2, 0.25) is 11.6 Å². The quantitative estimate of drug-likeness (QED) is 0.507. The van der Waals surface area contributed by atoms with Crippen LogP contribution in [0.2, 0.25) is 0 Å². The average Bonchev–Trinajstić information content (AvgIpc) is 2.24. The minimum absolute atomic E-state index is 0.238. The van der Waals surface area contributed by atoms with Crippen molar-refractivity contribution >= 4 is 17.3 Å². The summed E-state index contributed by atoms with van der Waals surface area (Å²) in [6.07, 6.45) is 0. The van der Waals surface area contributed by atoms with Crippen molar-refractivity contribution in [3.63, 3.8) is 0 Å². The Morgan fingerprint density at radius 2 is 1.41 bits per heavy atom. The molecule has 1 aliphatic carbocycles. The predicted octanol–water partition coefficient (Wildman–Crippen LogP) is 2.30. The lowest BCUT2D eigenvalue weighted by molar-refractivity contribution is -0.120. The molecule has 3 heteroatoms. The second kappa shape index (κ2) is 3.62. The summed E-state index contributed by atoms with van der Waals surface area (Å²) < 4.78 is 0. The van der Waals surface area contributed by atoms with Crippen molar-refractivity contribution in [3.05, 3.63) is 35.4 Å². The summed E-state index contributed by atoms with van der Waals surface area (Å²) in [4.78, 5) is 36.1. The van der Waals surface area contributed by atoms with Crippen molar-refractivity contribution in [1.29, 1.82) is 0 Å². The molecular weight excluding hydrogens is 216 g/mol. The maximum Gasteiger partial charge on any atom is 0.230 e. The Bertz CT molecular complexity index is 521. The lowest BCUT2D eigenvalue weighted by atomic mass is 9.68. The van der Waals surface area contributed by atoms with Crippen molar-refractivity contribution in [2.24, 2.45) is 11.3 Å². The van der Waals surface area contributed by atoms with Crippen LogP contribution in [0, 0.1) is 11.3 Å². The molecule has 3 nitrogen and oxygen atoms in total. The van der Waals surface area contributed by atoms with Gasteiger partial charge in [-0.2, -0.15) is 0 Å².